The van der Waals surface area contributed by atoms with Crippen LogP contribution in [-0.2, 0) is 17.4 Å². The fraction of sp³-hybridized carbons (Fsp3) is 0.188. The van der Waals surface area contributed by atoms with Gasteiger partial charge in [0.1, 0.15) is 11.4 Å². The number of para-hydroxylation sites is 1. The van der Waals surface area contributed by atoms with Gasteiger partial charge in [0.2, 0.25) is 5.91 Å². The molecule has 0 aliphatic heterocycles. The van der Waals surface area contributed by atoms with Crippen LogP contribution in [0.5, 0.6) is 5.75 Å². The normalized spacial score (nSPS) is 10.9. The van der Waals surface area contributed by atoms with Gasteiger partial charge in [0, 0.05) is 11.6 Å². The molecule has 0 spiro atoms. The maximum Gasteiger partial charge on any atom is 0.416 e. The average Bonchev–Trinajstić information content (AvgIpc) is 2.59. The average molecular weight is 369 g/mol. The molecular weight excluding hydrogens is 355 g/mol. The number of rotatable bonds is 6. The van der Waals surface area contributed by atoms with Crippen LogP contribution in [-0.4, -0.2) is 17.9 Å². The van der Waals surface area contributed by atoms with Crippen molar-refractivity contribution in [3.63, 3.8) is 0 Å². The molecule has 7 nitrogen and oxygen atoms in total. The molecular formula is C16H14F3N3O4. The smallest absolute Gasteiger partial charge is 0.416 e. The molecule has 0 aliphatic rings. The summed E-state index contributed by atoms with van der Waals surface area (Å²) in [7, 11) is 1.44. The van der Waals surface area contributed by atoms with Gasteiger partial charge < -0.3 is 4.74 Å². The molecule has 0 bridgehead atoms. The standard InChI is InChI=1S/C16H14F3N3O4/c1-26-14-5-3-2-4-10(14)8-15(23)21-20-12-7-6-11(16(17,18)19)9-13(12)22(24)25/h2-7,9,20H,8H2,1H3,(H,21,23). The molecule has 0 radical (unpaired) electrons. The maximum atomic E-state index is 12.7. The third-order valence-electron chi connectivity index (χ3n) is 3.40. The Hall–Kier alpha value is -3.30. The van der Waals surface area contributed by atoms with Crippen molar-refractivity contribution in [2.75, 3.05) is 12.5 Å². The number of hydrazine groups is 1. The molecule has 0 saturated heterocycles. The largest absolute Gasteiger partial charge is 0.496 e. The van der Waals surface area contributed by atoms with Crippen molar-refractivity contribution in [2.24, 2.45) is 0 Å². The highest BCUT2D eigenvalue weighted by Gasteiger charge is 2.33. The number of ether oxygens (including phenoxy) is 1. The molecule has 0 aromatic heterocycles. The zero-order valence-corrected chi connectivity index (χ0v) is 13.5. The number of nitro benzene ring substituents is 1. The van der Waals surface area contributed by atoms with Crippen LogP contribution in [0.3, 0.4) is 0 Å². The van der Waals surface area contributed by atoms with E-state index in [2.05, 4.69) is 10.9 Å². The second-order valence-electron chi connectivity index (χ2n) is 5.15. The Bertz CT molecular complexity index is 825. The van der Waals surface area contributed by atoms with Gasteiger partial charge >= 0.3 is 6.18 Å². The van der Waals surface area contributed by atoms with E-state index in [0.717, 1.165) is 6.07 Å². The molecule has 0 atom stereocenters. The van der Waals surface area contributed by atoms with E-state index in [9.17, 15) is 28.1 Å². The van der Waals surface area contributed by atoms with Gasteiger partial charge in [-0.1, -0.05) is 18.2 Å². The number of alkyl halides is 3. The zero-order chi connectivity index (χ0) is 19.3. The quantitative estimate of drug-likeness (QED) is 0.602. The van der Waals surface area contributed by atoms with E-state index in [4.69, 9.17) is 4.74 Å². The topological polar surface area (TPSA) is 93.5 Å². The summed E-state index contributed by atoms with van der Waals surface area (Å²) >= 11 is 0. The molecule has 138 valence electrons. The fourth-order valence-corrected chi connectivity index (χ4v) is 2.17. The molecule has 0 heterocycles. The summed E-state index contributed by atoms with van der Waals surface area (Å²) < 4.78 is 43.1. The van der Waals surface area contributed by atoms with Crippen LogP contribution in [0.25, 0.3) is 0 Å². The highest BCUT2D eigenvalue weighted by atomic mass is 19.4. The van der Waals surface area contributed by atoms with Crippen molar-refractivity contribution in [3.05, 3.63) is 63.7 Å². The molecule has 0 unspecified atom stereocenters. The summed E-state index contributed by atoms with van der Waals surface area (Å²) in [5.41, 5.74) is 2.85. The second-order valence-corrected chi connectivity index (χ2v) is 5.15. The van der Waals surface area contributed by atoms with Crippen LogP contribution in [0.4, 0.5) is 24.5 Å². The third-order valence-corrected chi connectivity index (χ3v) is 3.40. The minimum atomic E-state index is -4.71. The van der Waals surface area contributed by atoms with E-state index in [1.54, 1.807) is 24.3 Å². The van der Waals surface area contributed by atoms with Gasteiger partial charge in [0.25, 0.3) is 5.69 Å². The van der Waals surface area contributed by atoms with E-state index < -0.39 is 28.3 Å². The zero-order valence-electron chi connectivity index (χ0n) is 13.5. The number of halogens is 3. The lowest BCUT2D eigenvalue weighted by atomic mass is 10.1. The SMILES string of the molecule is COc1ccccc1CC(=O)NNc1ccc(C(F)(F)F)cc1[N+](=O)[O-]. The van der Waals surface area contributed by atoms with Crippen molar-refractivity contribution in [3.8, 4) is 5.75 Å². The van der Waals surface area contributed by atoms with Crippen LogP contribution >= 0.6 is 0 Å². The van der Waals surface area contributed by atoms with E-state index in [1.807, 2.05) is 0 Å². The van der Waals surface area contributed by atoms with E-state index in [1.165, 1.54) is 7.11 Å². The third kappa shape index (κ3) is 4.62. The Kier molecular flexibility index (Phi) is 5.65. The van der Waals surface area contributed by atoms with Crippen LogP contribution < -0.4 is 15.6 Å². The maximum absolute atomic E-state index is 12.7. The van der Waals surface area contributed by atoms with Gasteiger partial charge in [-0.15, -0.1) is 0 Å². The van der Waals surface area contributed by atoms with Gasteiger partial charge in [-0.05, 0) is 18.2 Å². The van der Waals surface area contributed by atoms with E-state index >= 15 is 0 Å². The Morgan fingerprint density at radius 2 is 1.92 bits per heavy atom. The number of anilines is 1. The second kappa shape index (κ2) is 7.72. The predicted molar refractivity (Wildman–Crippen MR) is 86.6 cm³/mol. The Labute approximate surface area is 145 Å². The number of carbonyl (C=O) groups excluding carboxylic acids is 1. The summed E-state index contributed by atoms with van der Waals surface area (Å²) in [6, 6.07) is 8.72. The van der Waals surface area contributed by atoms with Crippen LogP contribution in [0.2, 0.25) is 0 Å². The Morgan fingerprint density at radius 1 is 1.23 bits per heavy atom. The lowest BCUT2D eigenvalue weighted by Gasteiger charge is -2.12. The molecule has 2 aromatic carbocycles. The minimum absolute atomic E-state index is 0.0918. The van der Waals surface area contributed by atoms with Crippen LogP contribution in [0, 0.1) is 10.1 Å². The molecule has 0 saturated carbocycles. The molecule has 2 rings (SSSR count). The number of hydrogen-bond acceptors (Lipinski definition) is 5. The molecule has 10 heteroatoms. The first-order chi connectivity index (χ1) is 12.2. The number of hydrogen-bond donors (Lipinski definition) is 2. The molecule has 0 aliphatic carbocycles. The van der Waals surface area contributed by atoms with Crippen LogP contribution in [0.1, 0.15) is 11.1 Å². The highest BCUT2D eigenvalue weighted by molar-refractivity contribution is 5.81. The summed E-state index contributed by atoms with van der Waals surface area (Å²) in [5.74, 6) is -0.0631. The first kappa shape index (κ1) is 19.0. The van der Waals surface area contributed by atoms with Crippen molar-refractivity contribution in [2.45, 2.75) is 12.6 Å². The number of amides is 1. The molecule has 2 N–H and O–H groups in total. The highest BCUT2D eigenvalue weighted by Crippen LogP contribution is 2.34. The molecule has 0 fully saturated rings. The predicted octanol–water partition coefficient (Wildman–Crippen LogP) is 3.31. The van der Waals surface area contributed by atoms with Crippen LogP contribution in [0.15, 0.2) is 42.5 Å². The lowest BCUT2D eigenvalue weighted by molar-refractivity contribution is -0.384. The summed E-state index contributed by atoms with van der Waals surface area (Å²) in [5, 5.41) is 11.0. The van der Waals surface area contributed by atoms with E-state index in [-0.39, 0.29) is 12.1 Å². The Morgan fingerprint density at radius 3 is 2.54 bits per heavy atom. The fourth-order valence-electron chi connectivity index (χ4n) is 2.17. The number of nitrogens with one attached hydrogen (secondary N) is 2. The Balaban J connectivity index is 2.11. The molecule has 1 amide bonds. The first-order valence-electron chi connectivity index (χ1n) is 7.24. The molecule has 26 heavy (non-hydrogen) atoms. The van der Waals surface area contributed by atoms with Gasteiger partial charge in [0.15, 0.2) is 0 Å². The van der Waals surface area contributed by atoms with Crippen molar-refractivity contribution in [1.82, 2.24) is 5.43 Å². The summed E-state index contributed by atoms with van der Waals surface area (Å²) in [6.45, 7) is 0. The minimum Gasteiger partial charge on any atom is -0.496 e. The first-order valence-corrected chi connectivity index (χ1v) is 7.24. The van der Waals surface area contributed by atoms with Crippen molar-refractivity contribution >= 4 is 17.3 Å². The van der Waals surface area contributed by atoms with Gasteiger partial charge in [-0.2, -0.15) is 13.2 Å². The number of methoxy groups -OCH3 is 1. The lowest BCUT2D eigenvalue weighted by Crippen LogP contribution is -2.31. The monoisotopic (exact) mass is 369 g/mol. The van der Waals surface area contributed by atoms with Crippen molar-refractivity contribution < 1.29 is 27.6 Å². The van der Waals surface area contributed by atoms with E-state index in [0.29, 0.717) is 23.4 Å². The number of nitrogens with zero attached hydrogens (tertiary/aromatic N) is 1. The van der Waals surface area contributed by atoms with Gasteiger partial charge in [0.05, 0.1) is 24.0 Å². The van der Waals surface area contributed by atoms with Crippen molar-refractivity contribution in [1.29, 1.82) is 0 Å². The number of benzene rings is 2. The summed E-state index contributed by atoms with van der Waals surface area (Å²) in [4.78, 5) is 22.0. The van der Waals surface area contributed by atoms with Gasteiger partial charge in [-0.3, -0.25) is 25.8 Å². The number of carbonyl (C=O) groups is 1. The van der Waals surface area contributed by atoms with Gasteiger partial charge in [-0.25, -0.2) is 0 Å². The molecule has 2 aromatic rings. The number of nitro groups is 1. The summed E-state index contributed by atoms with van der Waals surface area (Å²) in [6.07, 6.45) is -4.80.